The maximum absolute atomic E-state index is 5.96. The molecule has 1 atom stereocenters. The average Bonchev–Trinajstić information content (AvgIpc) is 2.47. The van der Waals surface area contributed by atoms with Crippen molar-refractivity contribution in [3.8, 4) is 5.75 Å². The molecular formula is C16H25NO2. The van der Waals surface area contributed by atoms with E-state index in [-0.39, 0.29) is 6.04 Å². The molecule has 1 aliphatic rings. The second-order valence-electron chi connectivity index (χ2n) is 5.38. The lowest BCUT2D eigenvalue weighted by Gasteiger charge is -2.22. The van der Waals surface area contributed by atoms with Crippen LogP contribution < -0.4 is 10.5 Å². The average molecular weight is 263 g/mol. The molecule has 106 valence electrons. The molecule has 1 unspecified atom stereocenters. The van der Waals surface area contributed by atoms with Gasteiger partial charge in [0.1, 0.15) is 5.75 Å². The highest BCUT2D eigenvalue weighted by atomic mass is 16.5. The number of ether oxygens (including phenoxy) is 2. The van der Waals surface area contributed by atoms with E-state index in [2.05, 4.69) is 31.2 Å². The summed E-state index contributed by atoms with van der Waals surface area (Å²) < 4.78 is 11.2. The monoisotopic (exact) mass is 263 g/mol. The molecular weight excluding hydrogens is 238 g/mol. The Balaban J connectivity index is 1.77. The zero-order valence-corrected chi connectivity index (χ0v) is 11.8. The van der Waals surface area contributed by atoms with E-state index in [0.29, 0.717) is 5.92 Å². The first-order valence-corrected chi connectivity index (χ1v) is 7.33. The van der Waals surface area contributed by atoms with Crippen molar-refractivity contribution in [2.24, 2.45) is 11.7 Å². The quantitative estimate of drug-likeness (QED) is 0.858. The first-order valence-electron chi connectivity index (χ1n) is 7.33. The van der Waals surface area contributed by atoms with Crippen LogP contribution >= 0.6 is 0 Å². The van der Waals surface area contributed by atoms with Gasteiger partial charge in [-0.1, -0.05) is 19.1 Å². The van der Waals surface area contributed by atoms with Crippen molar-refractivity contribution >= 4 is 0 Å². The van der Waals surface area contributed by atoms with Gasteiger partial charge in [-0.15, -0.1) is 0 Å². The lowest BCUT2D eigenvalue weighted by Crippen LogP contribution is -2.21. The fourth-order valence-electron chi connectivity index (χ4n) is 2.30. The van der Waals surface area contributed by atoms with E-state index in [9.17, 15) is 0 Å². The molecule has 0 radical (unpaired) electrons. The third kappa shape index (κ3) is 4.84. The van der Waals surface area contributed by atoms with Crippen molar-refractivity contribution in [3.05, 3.63) is 29.8 Å². The number of benzene rings is 1. The minimum atomic E-state index is 0.258. The Morgan fingerprint density at radius 3 is 2.58 bits per heavy atom. The van der Waals surface area contributed by atoms with Crippen LogP contribution in [0.3, 0.4) is 0 Å². The molecule has 1 saturated heterocycles. The summed E-state index contributed by atoms with van der Waals surface area (Å²) in [6, 6.07) is 8.60. The van der Waals surface area contributed by atoms with E-state index in [0.717, 1.165) is 51.3 Å². The summed E-state index contributed by atoms with van der Waals surface area (Å²) in [5.41, 5.74) is 7.24. The van der Waals surface area contributed by atoms with Gasteiger partial charge in [0.25, 0.3) is 0 Å². The summed E-state index contributed by atoms with van der Waals surface area (Å²) in [5, 5.41) is 0. The SMILES string of the molecule is CCC(N)Cc1ccc(OCC2CCOCC2)cc1. The van der Waals surface area contributed by atoms with Gasteiger partial charge in [-0.25, -0.2) is 0 Å². The summed E-state index contributed by atoms with van der Waals surface area (Å²) in [6.45, 7) is 4.68. The van der Waals surface area contributed by atoms with Crippen LogP contribution in [0.25, 0.3) is 0 Å². The van der Waals surface area contributed by atoms with Crippen LogP contribution in [0, 0.1) is 5.92 Å². The van der Waals surface area contributed by atoms with E-state index < -0.39 is 0 Å². The molecule has 19 heavy (non-hydrogen) atoms. The predicted molar refractivity (Wildman–Crippen MR) is 77.5 cm³/mol. The van der Waals surface area contributed by atoms with Crippen LogP contribution in [0.2, 0.25) is 0 Å². The standard InChI is InChI=1S/C16H25NO2/c1-2-15(17)11-13-3-5-16(6-4-13)19-12-14-7-9-18-10-8-14/h3-6,14-15H,2,7-12,17H2,1H3. The number of rotatable bonds is 6. The van der Waals surface area contributed by atoms with Crippen molar-refractivity contribution in [2.45, 2.75) is 38.6 Å². The van der Waals surface area contributed by atoms with Crippen LogP contribution in [-0.4, -0.2) is 25.9 Å². The Labute approximate surface area is 116 Å². The van der Waals surface area contributed by atoms with Gasteiger partial charge >= 0.3 is 0 Å². The molecule has 0 aliphatic carbocycles. The van der Waals surface area contributed by atoms with Crippen LogP contribution in [0.1, 0.15) is 31.7 Å². The topological polar surface area (TPSA) is 44.5 Å². The van der Waals surface area contributed by atoms with Gasteiger partial charge in [0.15, 0.2) is 0 Å². The minimum Gasteiger partial charge on any atom is -0.493 e. The predicted octanol–water partition coefficient (Wildman–Crippen LogP) is 2.77. The Morgan fingerprint density at radius 2 is 1.95 bits per heavy atom. The van der Waals surface area contributed by atoms with Crippen molar-refractivity contribution in [3.63, 3.8) is 0 Å². The van der Waals surface area contributed by atoms with Gasteiger partial charge < -0.3 is 15.2 Å². The molecule has 0 saturated carbocycles. The van der Waals surface area contributed by atoms with E-state index in [4.69, 9.17) is 15.2 Å². The molecule has 1 heterocycles. The number of hydrogen-bond acceptors (Lipinski definition) is 3. The van der Waals surface area contributed by atoms with E-state index in [1.165, 1.54) is 5.56 Å². The first kappa shape index (κ1) is 14.4. The van der Waals surface area contributed by atoms with Gasteiger partial charge in [0.05, 0.1) is 6.61 Å². The molecule has 0 spiro atoms. The fourth-order valence-corrected chi connectivity index (χ4v) is 2.30. The molecule has 0 aromatic heterocycles. The Bertz CT molecular complexity index is 358. The highest BCUT2D eigenvalue weighted by Gasteiger charge is 2.14. The van der Waals surface area contributed by atoms with E-state index >= 15 is 0 Å². The van der Waals surface area contributed by atoms with E-state index in [1.54, 1.807) is 0 Å². The molecule has 3 heteroatoms. The molecule has 0 amide bonds. The van der Waals surface area contributed by atoms with Gasteiger partial charge in [0.2, 0.25) is 0 Å². The Hall–Kier alpha value is -1.06. The Morgan fingerprint density at radius 1 is 1.26 bits per heavy atom. The molecule has 2 N–H and O–H groups in total. The van der Waals surface area contributed by atoms with Crippen molar-refractivity contribution < 1.29 is 9.47 Å². The van der Waals surface area contributed by atoms with E-state index in [1.807, 2.05) is 0 Å². The zero-order valence-electron chi connectivity index (χ0n) is 11.8. The maximum atomic E-state index is 5.96. The third-order valence-electron chi connectivity index (χ3n) is 3.77. The lowest BCUT2D eigenvalue weighted by atomic mass is 10.0. The highest BCUT2D eigenvalue weighted by molar-refractivity contribution is 5.27. The molecule has 2 rings (SSSR count). The smallest absolute Gasteiger partial charge is 0.119 e. The molecule has 1 aliphatic heterocycles. The molecule has 1 fully saturated rings. The van der Waals surface area contributed by atoms with Crippen LogP contribution in [0.4, 0.5) is 0 Å². The zero-order chi connectivity index (χ0) is 13.5. The first-order chi connectivity index (χ1) is 9.28. The number of hydrogen-bond donors (Lipinski definition) is 1. The fraction of sp³-hybridized carbons (Fsp3) is 0.625. The van der Waals surface area contributed by atoms with Crippen LogP contribution in [-0.2, 0) is 11.2 Å². The van der Waals surface area contributed by atoms with Crippen LogP contribution in [0.5, 0.6) is 5.75 Å². The summed E-state index contributed by atoms with van der Waals surface area (Å²) >= 11 is 0. The van der Waals surface area contributed by atoms with Crippen molar-refractivity contribution in [1.29, 1.82) is 0 Å². The van der Waals surface area contributed by atoms with Crippen molar-refractivity contribution in [1.82, 2.24) is 0 Å². The molecule has 3 nitrogen and oxygen atoms in total. The summed E-state index contributed by atoms with van der Waals surface area (Å²) in [5.74, 6) is 1.60. The van der Waals surface area contributed by atoms with Gasteiger partial charge in [-0.05, 0) is 49.3 Å². The minimum absolute atomic E-state index is 0.258. The molecule has 1 aromatic carbocycles. The second-order valence-corrected chi connectivity index (χ2v) is 5.38. The largest absolute Gasteiger partial charge is 0.493 e. The van der Waals surface area contributed by atoms with Crippen molar-refractivity contribution in [2.75, 3.05) is 19.8 Å². The lowest BCUT2D eigenvalue weighted by molar-refractivity contribution is 0.0497. The normalized spacial score (nSPS) is 18.2. The maximum Gasteiger partial charge on any atom is 0.119 e. The van der Waals surface area contributed by atoms with Gasteiger partial charge in [0, 0.05) is 19.3 Å². The van der Waals surface area contributed by atoms with Gasteiger partial charge in [-0.3, -0.25) is 0 Å². The molecule has 0 bridgehead atoms. The Kier molecular flexibility index (Phi) is 5.67. The summed E-state index contributed by atoms with van der Waals surface area (Å²) in [4.78, 5) is 0. The number of nitrogens with two attached hydrogens (primary N) is 1. The molecule has 1 aromatic rings. The van der Waals surface area contributed by atoms with Crippen LogP contribution in [0.15, 0.2) is 24.3 Å². The third-order valence-corrected chi connectivity index (χ3v) is 3.77. The summed E-state index contributed by atoms with van der Waals surface area (Å²) in [6.07, 6.45) is 4.19. The highest BCUT2D eigenvalue weighted by Crippen LogP contribution is 2.18. The second kappa shape index (κ2) is 7.51. The van der Waals surface area contributed by atoms with Gasteiger partial charge in [-0.2, -0.15) is 0 Å². The summed E-state index contributed by atoms with van der Waals surface area (Å²) in [7, 11) is 0.